The molecule has 0 aromatic heterocycles. The number of carboxylic acids is 1. The van der Waals surface area contributed by atoms with E-state index in [4.69, 9.17) is 4.74 Å². The molecule has 2 heterocycles. The van der Waals surface area contributed by atoms with Gasteiger partial charge in [0.25, 0.3) is 0 Å². The van der Waals surface area contributed by atoms with Crippen LogP contribution < -0.4 is 0 Å². The van der Waals surface area contributed by atoms with E-state index in [9.17, 15) is 14.7 Å². The number of amides is 1. The van der Waals surface area contributed by atoms with Crippen molar-refractivity contribution in [1.29, 1.82) is 0 Å². The van der Waals surface area contributed by atoms with Crippen LogP contribution in [0.2, 0.25) is 0 Å². The average Bonchev–Trinajstić information content (AvgIpc) is 3.11. The maximum Gasteiger partial charge on any atom is 0.326 e. The fraction of sp³-hybridized carbons (Fsp3) is 0.875. The topological polar surface area (TPSA) is 66.8 Å². The molecule has 5 heteroatoms. The minimum Gasteiger partial charge on any atom is -0.480 e. The summed E-state index contributed by atoms with van der Waals surface area (Å²) in [6.07, 6.45) is 8.44. The first kappa shape index (κ1) is 14.8. The van der Waals surface area contributed by atoms with Crippen LogP contribution in [0.3, 0.4) is 0 Å². The van der Waals surface area contributed by atoms with E-state index >= 15 is 0 Å². The Morgan fingerprint density at radius 2 is 1.95 bits per heavy atom. The predicted molar refractivity (Wildman–Crippen MR) is 76.8 cm³/mol. The summed E-state index contributed by atoms with van der Waals surface area (Å²) in [6.45, 7) is 0.797. The van der Waals surface area contributed by atoms with Gasteiger partial charge in [0.2, 0.25) is 5.91 Å². The highest BCUT2D eigenvalue weighted by atomic mass is 16.5. The number of fused-ring (bicyclic) bond motifs is 1. The summed E-state index contributed by atoms with van der Waals surface area (Å²) in [5.41, 5.74) is 0. The number of carbonyl (C=O) groups excluding carboxylic acids is 1. The quantitative estimate of drug-likeness (QED) is 0.863. The van der Waals surface area contributed by atoms with Gasteiger partial charge in [0.1, 0.15) is 6.04 Å². The lowest BCUT2D eigenvalue weighted by molar-refractivity contribution is -0.150. The molecule has 0 unspecified atom stereocenters. The maximum atomic E-state index is 12.6. The molecule has 2 aliphatic heterocycles. The van der Waals surface area contributed by atoms with Gasteiger partial charge in [0, 0.05) is 19.1 Å². The molecule has 1 N–H and O–H groups in total. The lowest BCUT2D eigenvalue weighted by atomic mass is 9.84. The highest BCUT2D eigenvalue weighted by Gasteiger charge is 2.47. The van der Waals surface area contributed by atoms with Crippen LogP contribution in [0, 0.1) is 5.92 Å². The van der Waals surface area contributed by atoms with Crippen LogP contribution in [0.25, 0.3) is 0 Å². The molecule has 118 valence electrons. The number of ether oxygens (including phenoxy) is 1. The Kier molecular flexibility index (Phi) is 4.48. The van der Waals surface area contributed by atoms with Crippen LogP contribution in [0.15, 0.2) is 0 Å². The molecule has 1 aliphatic carbocycles. The first-order valence-corrected chi connectivity index (χ1v) is 8.32. The van der Waals surface area contributed by atoms with Gasteiger partial charge in [-0.15, -0.1) is 0 Å². The Balaban J connectivity index is 1.64. The van der Waals surface area contributed by atoms with Gasteiger partial charge in [-0.05, 0) is 44.4 Å². The molecule has 5 nitrogen and oxygen atoms in total. The second-order valence-corrected chi connectivity index (χ2v) is 6.68. The summed E-state index contributed by atoms with van der Waals surface area (Å²) in [5, 5.41) is 9.44. The Bertz CT molecular complexity index is 405. The van der Waals surface area contributed by atoms with Gasteiger partial charge in [-0.3, -0.25) is 4.79 Å². The van der Waals surface area contributed by atoms with Crippen molar-refractivity contribution >= 4 is 11.9 Å². The van der Waals surface area contributed by atoms with Gasteiger partial charge in [0.05, 0.1) is 6.10 Å². The molecule has 0 radical (unpaired) electrons. The van der Waals surface area contributed by atoms with Gasteiger partial charge in [-0.1, -0.05) is 12.8 Å². The first-order valence-electron chi connectivity index (χ1n) is 8.32. The zero-order chi connectivity index (χ0) is 14.8. The van der Waals surface area contributed by atoms with E-state index in [-0.39, 0.29) is 18.1 Å². The predicted octanol–water partition coefficient (Wildman–Crippen LogP) is 2.19. The minimum absolute atomic E-state index is 0.0206. The number of rotatable bonds is 4. The number of hydrogen-bond donors (Lipinski definition) is 1. The van der Waals surface area contributed by atoms with E-state index in [1.54, 1.807) is 4.90 Å². The Morgan fingerprint density at radius 3 is 2.67 bits per heavy atom. The molecule has 21 heavy (non-hydrogen) atoms. The molecular formula is C16H25NO4. The van der Waals surface area contributed by atoms with Crippen molar-refractivity contribution in [1.82, 2.24) is 4.90 Å². The molecule has 1 amide bonds. The van der Waals surface area contributed by atoms with Crippen LogP contribution in [-0.2, 0) is 14.3 Å². The van der Waals surface area contributed by atoms with Gasteiger partial charge in [-0.25, -0.2) is 4.79 Å². The van der Waals surface area contributed by atoms with Crippen molar-refractivity contribution in [2.24, 2.45) is 5.92 Å². The zero-order valence-electron chi connectivity index (χ0n) is 12.5. The fourth-order valence-corrected chi connectivity index (χ4v) is 4.32. The monoisotopic (exact) mass is 295 g/mol. The Hall–Kier alpha value is -1.10. The second-order valence-electron chi connectivity index (χ2n) is 6.68. The number of aliphatic carboxylic acids is 1. The van der Waals surface area contributed by atoms with Crippen molar-refractivity contribution < 1.29 is 19.4 Å². The highest BCUT2D eigenvalue weighted by Crippen LogP contribution is 2.40. The molecular weight excluding hydrogens is 270 g/mol. The summed E-state index contributed by atoms with van der Waals surface area (Å²) in [4.78, 5) is 25.8. The molecule has 2 saturated heterocycles. The van der Waals surface area contributed by atoms with Gasteiger partial charge >= 0.3 is 5.97 Å². The van der Waals surface area contributed by atoms with E-state index in [2.05, 4.69) is 0 Å². The Labute approximate surface area is 125 Å². The Morgan fingerprint density at radius 1 is 1.14 bits per heavy atom. The molecule has 3 aliphatic rings. The maximum absolute atomic E-state index is 12.6. The van der Waals surface area contributed by atoms with Crippen molar-refractivity contribution in [2.75, 3.05) is 6.61 Å². The molecule has 3 rings (SSSR count). The number of likely N-dealkylation sites (tertiary alicyclic amines) is 1. The standard InChI is InChI=1S/C16H25NO4/c18-15(8-7-12-5-3-9-21-12)17-13-6-2-1-4-11(13)10-14(17)16(19)20/h11-14H,1-10H2,(H,19,20)/t11-,12+,13-,14-/m0/s1. The molecule has 1 saturated carbocycles. The lowest BCUT2D eigenvalue weighted by Crippen LogP contribution is -2.46. The highest BCUT2D eigenvalue weighted by molar-refractivity contribution is 5.84. The van der Waals surface area contributed by atoms with Gasteiger partial charge in [-0.2, -0.15) is 0 Å². The normalized spacial score (nSPS) is 35.7. The van der Waals surface area contributed by atoms with Crippen molar-refractivity contribution in [3.8, 4) is 0 Å². The first-order chi connectivity index (χ1) is 10.2. The summed E-state index contributed by atoms with van der Waals surface area (Å²) in [7, 11) is 0. The van der Waals surface area contributed by atoms with Crippen LogP contribution in [0.4, 0.5) is 0 Å². The smallest absolute Gasteiger partial charge is 0.326 e. The van der Waals surface area contributed by atoms with E-state index in [1.165, 1.54) is 6.42 Å². The molecule has 0 bridgehead atoms. The zero-order valence-corrected chi connectivity index (χ0v) is 12.5. The fourth-order valence-electron chi connectivity index (χ4n) is 4.32. The van der Waals surface area contributed by atoms with Crippen LogP contribution in [-0.4, -0.2) is 46.7 Å². The van der Waals surface area contributed by atoms with Gasteiger partial charge < -0.3 is 14.7 Å². The number of nitrogens with zero attached hydrogens (tertiary/aromatic N) is 1. The SMILES string of the molecule is O=C(O)[C@@H]1C[C@@H]2CCCC[C@@H]2N1C(=O)CC[C@H]1CCCO1. The third-order valence-electron chi connectivity index (χ3n) is 5.37. The van der Waals surface area contributed by atoms with E-state index < -0.39 is 12.0 Å². The average molecular weight is 295 g/mol. The molecule has 3 fully saturated rings. The van der Waals surface area contributed by atoms with E-state index in [1.807, 2.05) is 0 Å². The van der Waals surface area contributed by atoms with Crippen molar-refractivity contribution in [2.45, 2.75) is 76.0 Å². The van der Waals surface area contributed by atoms with Crippen LogP contribution in [0.1, 0.15) is 57.8 Å². The van der Waals surface area contributed by atoms with Crippen LogP contribution >= 0.6 is 0 Å². The van der Waals surface area contributed by atoms with E-state index in [0.29, 0.717) is 18.8 Å². The minimum atomic E-state index is -0.838. The summed E-state index contributed by atoms with van der Waals surface area (Å²) < 4.78 is 5.56. The summed E-state index contributed by atoms with van der Waals surface area (Å²) >= 11 is 0. The molecule has 4 atom stereocenters. The van der Waals surface area contributed by atoms with E-state index in [0.717, 1.165) is 45.1 Å². The van der Waals surface area contributed by atoms with Crippen LogP contribution in [0.5, 0.6) is 0 Å². The number of carboxylic acid groups (broad SMARTS) is 1. The molecule has 0 spiro atoms. The van der Waals surface area contributed by atoms with Crippen molar-refractivity contribution in [3.63, 3.8) is 0 Å². The largest absolute Gasteiger partial charge is 0.480 e. The molecule has 0 aromatic rings. The molecule has 0 aromatic carbocycles. The third kappa shape index (κ3) is 3.07. The van der Waals surface area contributed by atoms with Crippen molar-refractivity contribution in [3.05, 3.63) is 0 Å². The summed E-state index contributed by atoms with van der Waals surface area (Å²) in [5.74, 6) is -0.423. The number of hydrogen-bond acceptors (Lipinski definition) is 3. The second kappa shape index (κ2) is 6.34. The third-order valence-corrected chi connectivity index (χ3v) is 5.37. The lowest BCUT2D eigenvalue weighted by Gasteiger charge is -2.33. The van der Waals surface area contributed by atoms with Gasteiger partial charge in [0.15, 0.2) is 0 Å². The number of carbonyl (C=O) groups is 2. The summed E-state index contributed by atoms with van der Waals surface area (Å²) in [6, 6.07) is -0.438.